The molecule has 10 heteroatoms. The van der Waals surface area contributed by atoms with Gasteiger partial charge in [-0.1, -0.05) is 24.8 Å². The summed E-state index contributed by atoms with van der Waals surface area (Å²) in [6, 6.07) is 9.70. The molecule has 1 aliphatic rings. The Morgan fingerprint density at radius 1 is 0.946 bits per heavy atom. The Balaban J connectivity index is 1.32. The smallest absolute Gasteiger partial charge is 0.340 e. The summed E-state index contributed by atoms with van der Waals surface area (Å²) >= 11 is 0. The molecule has 0 spiro atoms. The van der Waals surface area contributed by atoms with Gasteiger partial charge < -0.3 is 10.2 Å². The Hall–Kier alpha value is -3.94. The van der Waals surface area contributed by atoms with Crippen LogP contribution in [0.1, 0.15) is 29.2 Å². The van der Waals surface area contributed by atoms with Crippen molar-refractivity contribution in [1.82, 2.24) is 30.0 Å². The van der Waals surface area contributed by atoms with E-state index in [1.54, 1.807) is 42.9 Å². The molecule has 5 rings (SSSR count). The van der Waals surface area contributed by atoms with Crippen LogP contribution in [0.3, 0.4) is 0 Å². The molecule has 37 heavy (non-hydrogen) atoms. The van der Waals surface area contributed by atoms with Gasteiger partial charge >= 0.3 is 6.18 Å². The molecule has 0 amide bonds. The largest absolute Gasteiger partial charge is 0.416 e. The summed E-state index contributed by atoms with van der Waals surface area (Å²) in [7, 11) is 0. The highest BCUT2D eigenvalue weighted by molar-refractivity contribution is 5.75. The molecular formula is C27H26F3N7. The molecule has 0 saturated carbocycles. The van der Waals surface area contributed by atoms with Crippen molar-refractivity contribution < 1.29 is 13.2 Å². The number of hydrogen-bond acceptors (Lipinski definition) is 6. The molecule has 0 unspecified atom stereocenters. The number of pyridine rings is 2. The van der Waals surface area contributed by atoms with Crippen LogP contribution in [0.15, 0.2) is 55.0 Å². The zero-order valence-corrected chi connectivity index (χ0v) is 20.3. The number of halogens is 3. The molecule has 2 N–H and O–H groups in total. The summed E-state index contributed by atoms with van der Waals surface area (Å²) in [5, 5.41) is 10.6. The number of aromatic amines is 1. The van der Waals surface area contributed by atoms with Crippen molar-refractivity contribution in [3.8, 4) is 11.8 Å². The van der Waals surface area contributed by atoms with E-state index in [0.29, 0.717) is 22.7 Å². The van der Waals surface area contributed by atoms with Crippen molar-refractivity contribution in [2.75, 3.05) is 38.0 Å². The minimum Gasteiger partial charge on any atom is -0.340 e. The Morgan fingerprint density at radius 3 is 2.51 bits per heavy atom. The SMILES string of the molecule is CCN1CCN(Cc2ccc(Nc3cc(C#Cc4cnc5[nH]ncc5c4)ccn3)cc2C(F)(F)F)CC1. The minimum absolute atomic E-state index is 0.273. The van der Waals surface area contributed by atoms with Gasteiger partial charge in [0.25, 0.3) is 0 Å². The number of H-pyrrole nitrogens is 1. The molecule has 3 aromatic heterocycles. The van der Waals surface area contributed by atoms with Crippen molar-refractivity contribution in [3.63, 3.8) is 0 Å². The normalized spacial score (nSPS) is 14.9. The number of fused-ring (bicyclic) bond motifs is 1. The van der Waals surface area contributed by atoms with E-state index in [1.165, 1.54) is 0 Å². The first kappa shape index (κ1) is 24.7. The van der Waals surface area contributed by atoms with Crippen LogP contribution in [0, 0.1) is 11.8 Å². The lowest BCUT2D eigenvalue weighted by Crippen LogP contribution is -2.45. The molecule has 4 heterocycles. The maximum Gasteiger partial charge on any atom is 0.416 e. The van der Waals surface area contributed by atoms with Gasteiger partial charge in [0.05, 0.1) is 11.8 Å². The minimum atomic E-state index is -4.46. The third-order valence-corrected chi connectivity index (χ3v) is 6.40. The number of likely N-dealkylation sites (N-methyl/N-ethyl adjacent to an activating group) is 1. The monoisotopic (exact) mass is 505 g/mol. The number of piperazine rings is 1. The maximum atomic E-state index is 13.9. The van der Waals surface area contributed by atoms with Gasteiger partial charge in [0.2, 0.25) is 0 Å². The topological polar surface area (TPSA) is 73.0 Å². The van der Waals surface area contributed by atoms with Crippen molar-refractivity contribution in [2.24, 2.45) is 0 Å². The summed E-state index contributed by atoms with van der Waals surface area (Å²) in [5.74, 6) is 6.51. The molecule has 0 atom stereocenters. The Labute approximate surface area is 212 Å². The Morgan fingerprint density at radius 2 is 1.73 bits per heavy atom. The summed E-state index contributed by atoms with van der Waals surface area (Å²) in [4.78, 5) is 12.9. The molecule has 7 nitrogen and oxygen atoms in total. The Bertz CT molecular complexity index is 1440. The van der Waals surface area contributed by atoms with Crippen LogP contribution in [0.25, 0.3) is 11.0 Å². The average Bonchev–Trinajstić information content (AvgIpc) is 3.36. The Kier molecular flexibility index (Phi) is 7.08. The highest BCUT2D eigenvalue weighted by atomic mass is 19.4. The second-order valence-electron chi connectivity index (χ2n) is 8.92. The first-order valence-electron chi connectivity index (χ1n) is 12.1. The second kappa shape index (κ2) is 10.6. The van der Waals surface area contributed by atoms with Crippen LogP contribution >= 0.6 is 0 Å². The van der Waals surface area contributed by atoms with Gasteiger partial charge in [-0.3, -0.25) is 10.00 Å². The van der Waals surface area contributed by atoms with Crippen molar-refractivity contribution >= 4 is 22.5 Å². The van der Waals surface area contributed by atoms with Crippen LogP contribution in [0.4, 0.5) is 24.7 Å². The zero-order valence-electron chi connectivity index (χ0n) is 20.3. The van der Waals surface area contributed by atoms with Gasteiger partial charge in [-0.2, -0.15) is 18.3 Å². The van der Waals surface area contributed by atoms with E-state index >= 15 is 0 Å². The van der Waals surface area contributed by atoms with Crippen LogP contribution in [-0.2, 0) is 12.7 Å². The molecule has 4 aromatic rings. The fourth-order valence-corrected chi connectivity index (χ4v) is 4.33. The van der Waals surface area contributed by atoms with E-state index in [0.717, 1.165) is 49.7 Å². The summed E-state index contributed by atoms with van der Waals surface area (Å²) in [6.07, 6.45) is 0.439. The molecule has 1 saturated heterocycles. The molecule has 0 radical (unpaired) electrons. The summed E-state index contributed by atoms with van der Waals surface area (Å²) < 4.78 is 41.8. The number of rotatable bonds is 5. The lowest BCUT2D eigenvalue weighted by atomic mass is 10.0. The standard InChI is InChI=1S/C27H26F3N7/c1-2-36-9-11-37(12-10-36)18-21-5-6-23(15-24(21)27(28,29)30)34-25-14-19(7-8-31-25)3-4-20-13-22-17-33-35-26(22)32-16-20/h5-8,13-17H,2,9-12,18H2,1H3,(H,31,34)(H,32,33,35). The molecular weight excluding hydrogens is 479 g/mol. The highest BCUT2D eigenvalue weighted by Gasteiger charge is 2.34. The fraction of sp³-hybridized carbons (Fsp3) is 0.296. The molecule has 1 aromatic carbocycles. The summed E-state index contributed by atoms with van der Waals surface area (Å²) in [6.45, 7) is 6.59. The van der Waals surface area contributed by atoms with E-state index < -0.39 is 11.7 Å². The molecule has 0 bridgehead atoms. The number of hydrogen-bond donors (Lipinski definition) is 2. The average molecular weight is 506 g/mol. The quantitative estimate of drug-likeness (QED) is 0.385. The van der Waals surface area contributed by atoms with Gasteiger partial charge in [-0.15, -0.1) is 0 Å². The number of nitrogens with zero attached hydrogens (tertiary/aromatic N) is 5. The van der Waals surface area contributed by atoms with Crippen molar-refractivity contribution in [1.29, 1.82) is 0 Å². The highest BCUT2D eigenvalue weighted by Crippen LogP contribution is 2.35. The molecule has 190 valence electrons. The maximum absolute atomic E-state index is 13.9. The predicted molar refractivity (Wildman–Crippen MR) is 136 cm³/mol. The lowest BCUT2D eigenvalue weighted by molar-refractivity contribution is -0.138. The van der Waals surface area contributed by atoms with E-state index in [9.17, 15) is 13.2 Å². The fourth-order valence-electron chi connectivity index (χ4n) is 4.33. The van der Waals surface area contributed by atoms with E-state index in [-0.39, 0.29) is 12.1 Å². The number of alkyl halides is 3. The van der Waals surface area contributed by atoms with Crippen molar-refractivity contribution in [3.05, 3.63) is 77.2 Å². The van der Waals surface area contributed by atoms with Gasteiger partial charge in [0.1, 0.15) is 5.82 Å². The molecule has 1 aliphatic heterocycles. The first-order valence-corrected chi connectivity index (χ1v) is 12.1. The van der Waals surface area contributed by atoms with Crippen molar-refractivity contribution in [2.45, 2.75) is 19.6 Å². The third-order valence-electron chi connectivity index (χ3n) is 6.40. The lowest BCUT2D eigenvalue weighted by Gasteiger charge is -2.34. The van der Waals surface area contributed by atoms with E-state index in [2.05, 4.69) is 54.0 Å². The van der Waals surface area contributed by atoms with E-state index in [1.807, 2.05) is 6.07 Å². The van der Waals surface area contributed by atoms with E-state index in [4.69, 9.17) is 0 Å². The van der Waals surface area contributed by atoms with Gasteiger partial charge in [0, 0.05) is 67.3 Å². The molecule has 0 aliphatic carbocycles. The number of benzene rings is 1. The third kappa shape index (κ3) is 6.07. The number of anilines is 2. The molecule has 1 fully saturated rings. The van der Waals surface area contributed by atoms with Gasteiger partial charge in [0.15, 0.2) is 5.65 Å². The second-order valence-corrected chi connectivity index (χ2v) is 8.92. The summed E-state index contributed by atoms with van der Waals surface area (Å²) in [5.41, 5.74) is 2.04. The van der Waals surface area contributed by atoms with Crippen LogP contribution < -0.4 is 5.32 Å². The van der Waals surface area contributed by atoms with Crippen LogP contribution in [0.5, 0.6) is 0 Å². The predicted octanol–water partition coefficient (Wildman–Crippen LogP) is 4.65. The van der Waals surface area contributed by atoms with Gasteiger partial charge in [-0.25, -0.2) is 9.97 Å². The zero-order chi connectivity index (χ0) is 25.8. The number of nitrogens with one attached hydrogen (secondary N) is 2. The van der Waals surface area contributed by atoms with Crippen LogP contribution in [-0.4, -0.2) is 62.7 Å². The van der Waals surface area contributed by atoms with Gasteiger partial charge in [-0.05, 0) is 42.4 Å². The first-order chi connectivity index (χ1) is 17.9. The number of aromatic nitrogens is 4. The van der Waals surface area contributed by atoms with Crippen LogP contribution in [0.2, 0.25) is 0 Å².